The zero-order valence-corrected chi connectivity index (χ0v) is 11.3. The molecule has 1 aliphatic carbocycles. The minimum Gasteiger partial charge on any atom is -0.465 e. The maximum atomic E-state index is 12.2. The smallest absolute Gasteiger partial charge is 0.323 e. The summed E-state index contributed by atoms with van der Waals surface area (Å²) in [4.78, 5) is 27.1. The first-order valence-corrected chi connectivity index (χ1v) is 6.48. The van der Waals surface area contributed by atoms with Crippen LogP contribution in [0.3, 0.4) is 0 Å². The lowest BCUT2D eigenvalue weighted by Crippen LogP contribution is -2.45. The van der Waals surface area contributed by atoms with E-state index in [9.17, 15) is 9.59 Å². The Kier molecular flexibility index (Phi) is 5.63. The van der Waals surface area contributed by atoms with Gasteiger partial charge in [0, 0.05) is 11.5 Å². The molecule has 0 heterocycles. The van der Waals surface area contributed by atoms with Crippen LogP contribution in [0.1, 0.15) is 33.1 Å². The molecule has 1 fully saturated rings. The van der Waals surface area contributed by atoms with Gasteiger partial charge in [0.15, 0.2) is 5.41 Å². The number of hydrogen-bond donors (Lipinski definition) is 0. The van der Waals surface area contributed by atoms with Gasteiger partial charge >= 0.3 is 11.9 Å². The van der Waals surface area contributed by atoms with E-state index in [1.165, 1.54) is 0 Å². The number of rotatable bonds is 6. The highest BCUT2D eigenvalue weighted by Gasteiger charge is 2.56. The molecule has 19 heavy (non-hydrogen) atoms. The monoisotopic (exact) mass is 269 g/mol. The molecule has 1 saturated carbocycles. The van der Waals surface area contributed by atoms with Crippen LogP contribution in [0, 0.1) is 11.3 Å². The first-order valence-electron chi connectivity index (χ1n) is 6.48. The van der Waals surface area contributed by atoms with Gasteiger partial charge in [-0.3, -0.25) is 9.59 Å². The molecule has 0 amide bonds. The van der Waals surface area contributed by atoms with Crippen LogP contribution in [0.15, 0.2) is 5.11 Å². The number of hydrogen-bond acceptors (Lipinski definition) is 5. The van der Waals surface area contributed by atoms with Crippen molar-refractivity contribution in [3.05, 3.63) is 10.4 Å². The summed E-state index contributed by atoms with van der Waals surface area (Å²) in [7, 11) is 0. The van der Waals surface area contributed by atoms with Gasteiger partial charge in [-0.05, 0) is 38.1 Å². The number of carbonyl (C=O) groups is 2. The molecule has 7 heteroatoms. The molecule has 0 radical (unpaired) electrons. The summed E-state index contributed by atoms with van der Waals surface area (Å²) in [6, 6.07) is 0. The number of esters is 2. The summed E-state index contributed by atoms with van der Waals surface area (Å²) in [5, 5.41) is 3.50. The zero-order chi connectivity index (χ0) is 14.3. The van der Waals surface area contributed by atoms with Gasteiger partial charge in [0.2, 0.25) is 0 Å². The van der Waals surface area contributed by atoms with Crippen LogP contribution < -0.4 is 0 Å². The highest BCUT2D eigenvalue weighted by molar-refractivity contribution is 6.00. The Morgan fingerprint density at radius 3 is 2.37 bits per heavy atom. The molecule has 106 valence electrons. The van der Waals surface area contributed by atoms with Crippen LogP contribution in [-0.2, 0) is 19.1 Å². The van der Waals surface area contributed by atoms with Crippen molar-refractivity contribution < 1.29 is 19.1 Å². The molecule has 1 atom stereocenters. The van der Waals surface area contributed by atoms with Crippen molar-refractivity contribution in [3.63, 3.8) is 0 Å². The Balaban J connectivity index is 3.05. The largest absolute Gasteiger partial charge is 0.465 e. The van der Waals surface area contributed by atoms with Gasteiger partial charge in [0.25, 0.3) is 0 Å². The van der Waals surface area contributed by atoms with Gasteiger partial charge in [-0.15, -0.1) is 0 Å². The summed E-state index contributed by atoms with van der Waals surface area (Å²) < 4.78 is 10.1. The van der Waals surface area contributed by atoms with E-state index in [1.54, 1.807) is 13.8 Å². The first kappa shape index (κ1) is 15.3. The fourth-order valence-corrected chi connectivity index (χ4v) is 2.60. The van der Waals surface area contributed by atoms with Crippen molar-refractivity contribution in [2.75, 3.05) is 19.8 Å². The second-order valence-electron chi connectivity index (χ2n) is 4.41. The van der Waals surface area contributed by atoms with Crippen LogP contribution in [0.4, 0.5) is 0 Å². The average Bonchev–Trinajstić information content (AvgIpc) is 2.81. The third kappa shape index (κ3) is 2.98. The van der Waals surface area contributed by atoms with Gasteiger partial charge in [-0.1, -0.05) is 11.5 Å². The maximum absolute atomic E-state index is 12.2. The molecule has 0 bridgehead atoms. The Bertz CT molecular complexity index is 372. The van der Waals surface area contributed by atoms with Crippen molar-refractivity contribution in [1.82, 2.24) is 0 Å². The molecule has 1 aliphatic rings. The fourth-order valence-electron chi connectivity index (χ4n) is 2.60. The highest BCUT2D eigenvalue weighted by atomic mass is 16.6. The second kappa shape index (κ2) is 6.99. The molecule has 0 spiro atoms. The topological polar surface area (TPSA) is 101 Å². The zero-order valence-electron chi connectivity index (χ0n) is 11.3. The van der Waals surface area contributed by atoms with Crippen molar-refractivity contribution in [1.29, 1.82) is 0 Å². The minimum atomic E-state index is -1.31. The second-order valence-corrected chi connectivity index (χ2v) is 4.41. The summed E-state index contributed by atoms with van der Waals surface area (Å²) in [5.74, 6) is -1.48. The van der Waals surface area contributed by atoms with Crippen molar-refractivity contribution in [2.24, 2.45) is 16.4 Å². The van der Waals surface area contributed by atoms with Crippen molar-refractivity contribution >= 4 is 11.9 Å². The standard InChI is InChI=1S/C12H19N3O4/c1-3-18-10(16)12(11(17)19-4-2)7-5-6-9(12)8-14-15-13/h9H,3-8H2,1-2H3. The van der Waals surface area contributed by atoms with E-state index in [1.807, 2.05) is 0 Å². The molecule has 0 aromatic carbocycles. The molecule has 0 saturated heterocycles. The molecule has 7 nitrogen and oxygen atoms in total. The van der Waals surface area contributed by atoms with Crippen molar-refractivity contribution in [3.8, 4) is 0 Å². The molecular weight excluding hydrogens is 250 g/mol. The summed E-state index contributed by atoms with van der Waals surface area (Å²) in [5.41, 5.74) is 7.10. The van der Waals surface area contributed by atoms with E-state index in [0.29, 0.717) is 19.3 Å². The van der Waals surface area contributed by atoms with Crippen LogP contribution in [0.25, 0.3) is 10.4 Å². The molecule has 0 aromatic heterocycles. The lowest BCUT2D eigenvalue weighted by atomic mass is 9.77. The van der Waals surface area contributed by atoms with Gasteiger partial charge < -0.3 is 9.47 Å². The van der Waals surface area contributed by atoms with Gasteiger partial charge in [0.05, 0.1) is 13.2 Å². The third-order valence-electron chi connectivity index (χ3n) is 3.47. The van der Waals surface area contributed by atoms with Crippen molar-refractivity contribution in [2.45, 2.75) is 33.1 Å². The number of azide groups is 1. The van der Waals surface area contributed by atoms with Crippen LogP contribution in [-0.4, -0.2) is 31.7 Å². The third-order valence-corrected chi connectivity index (χ3v) is 3.47. The SMILES string of the molecule is CCOC(=O)C1(C(=O)OCC)CCCC1CN=[N+]=[N-]. The van der Waals surface area contributed by atoms with Crippen LogP contribution >= 0.6 is 0 Å². The molecule has 0 N–H and O–H groups in total. The Labute approximate surface area is 111 Å². The minimum absolute atomic E-state index is 0.105. The van der Waals surface area contributed by atoms with Gasteiger partial charge in [0.1, 0.15) is 0 Å². The lowest BCUT2D eigenvalue weighted by molar-refractivity contribution is -0.175. The summed E-state index contributed by atoms with van der Waals surface area (Å²) in [6.07, 6.45) is 1.75. The highest BCUT2D eigenvalue weighted by Crippen LogP contribution is 2.45. The first-order chi connectivity index (χ1) is 9.13. The fraction of sp³-hybridized carbons (Fsp3) is 0.833. The number of ether oxygens (including phenoxy) is 2. The predicted octanol–water partition coefficient (Wildman–Crippen LogP) is 2.21. The van der Waals surface area contributed by atoms with E-state index < -0.39 is 17.4 Å². The van der Waals surface area contributed by atoms with Gasteiger partial charge in [-0.2, -0.15) is 0 Å². The van der Waals surface area contributed by atoms with Crippen LogP contribution in [0.2, 0.25) is 0 Å². The Hall–Kier alpha value is -1.75. The van der Waals surface area contributed by atoms with Gasteiger partial charge in [-0.25, -0.2) is 0 Å². The van der Waals surface area contributed by atoms with E-state index in [2.05, 4.69) is 10.0 Å². The Morgan fingerprint density at radius 2 is 1.89 bits per heavy atom. The quantitative estimate of drug-likeness (QED) is 0.242. The Morgan fingerprint density at radius 1 is 1.32 bits per heavy atom. The lowest BCUT2D eigenvalue weighted by Gasteiger charge is -2.29. The summed E-state index contributed by atoms with van der Waals surface area (Å²) in [6.45, 7) is 3.89. The normalized spacial score (nSPS) is 20.4. The van der Waals surface area contributed by atoms with E-state index in [4.69, 9.17) is 15.0 Å². The number of carbonyl (C=O) groups excluding carboxylic acids is 2. The summed E-state index contributed by atoms with van der Waals surface area (Å²) >= 11 is 0. The average molecular weight is 269 g/mol. The molecular formula is C12H19N3O4. The predicted molar refractivity (Wildman–Crippen MR) is 67.1 cm³/mol. The molecule has 0 aliphatic heterocycles. The molecule has 1 rings (SSSR count). The van der Waals surface area contributed by atoms with E-state index in [-0.39, 0.29) is 25.7 Å². The van der Waals surface area contributed by atoms with E-state index in [0.717, 1.165) is 0 Å². The van der Waals surface area contributed by atoms with E-state index >= 15 is 0 Å². The number of nitrogens with zero attached hydrogens (tertiary/aromatic N) is 3. The van der Waals surface area contributed by atoms with Crippen LogP contribution in [0.5, 0.6) is 0 Å². The molecule has 0 aromatic rings. The maximum Gasteiger partial charge on any atom is 0.323 e. The molecule has 1 unspecified atom stereocenters.